The summed E-state index contributed by atoms with van der Waals surface area (Å²) >= 11 is 0.0736. The van der Waals surface area contributed by atoms with Crippen LogP contribution in [-0.4, -0.2) is 46.3 Å². The standard InChI is InChI=1S/C20H36O4.2C8H17.Sn/c1-17(2)11-7-5-9-15-23-19(21)13-14-20(22)24-16-10-6-8-12-18(3)4;2*1-3-5-7-8-6-4-2;/h13-14,17-18H,5-12,15-16H2,1-4H3;2*1,3-8H2,2H3;. The van der Waals surface area contributed by atoms with Crippen LogP contribution in [0.3, 0.4) is 0 Å². The summed E-state index contributed by atoms with van der Waals surface area (Å²) in [5, 5.41) is 0. The van der Waals surface area contributed by atoms with Gasteiger partial charge in [0, 0.05) is 12.2 Å². The van der Waals surface area contributed by atoms with E-state index >= 15 is 0 Å². The number of ether oxygens (including phenoxy) is 2. The van der Waals surface area contributed by atoms with E-state index in [1.807, 2.05) is 0 Å². The zero-order chi connectivity index (χ0) is 30.8. The third-order valence-electron chi connectivity index (χ3n) is 7.11. The molecule has 0 rings (SSSR count). The molecular formula is C36H70O4Sn. The van der Waals surface area contributed by atoms with Crippen molar-refractivity contribution >= 4 is 33.1 Å². The van der Waals surface area contributed by atoms with Crippen LogP contribution in [0.4, 0.5) is 0 Å². The Kier molecular flexibility index (Phi) is 37.1. The van der Waals surface area contributed by atoms with Crippen LogP contribution in [0.1, 0.15) is 170 Å². The fourth-order valence-electron chi connectivity index (χ4n) is 4.43. The Morgan fingerprint density at radius 3 is 1.22 bits per heavy atom. The topological polar surface area (TPSA) is 52.6 Å². The molecule has 0 aliphatic heterocycles. The number of unbranched alkanes of at least 4 members (excludes halogenated alkanes) is 14. The van der Waals surface area contributed by atoms with Crippen LogP contribution in [-0.2, 0) is 19.1 Å². The fraction of sp³-hybridized carbons (Fsp3) is 0.889. The number of hydrogen-bond acceptors (Lipinski definition) is 4. The predicted octanol–water partition coefficient (Wildman–Crippen LogP) is 11.3. The summed E-state index contributed by atoms with van der Waals surface area (Å²) in [4.78, 5) is 22.9. The molecule has 2 radical (unpaired) electrons. The van der Waals surface area contributed by atoms with Gasteiger partial charge in [-0.15, -0.1) is 0 Å². The first-order chi connectivity index (χ1) is 19.8. The van der Waals surface area contributed by atoms with Crippen molar-refractivity contribution in [2.45, 2.75) is 179 Å². The van der Waals surface area contributed by atoms with Crippen LogP contribution in [0.15, 0.2) is 12.2 Å². The Morgan fingerprint density at radius 2 is 0.854 bits per heavy atom. The van der Waals surface area contributed by atoms with Crippen LogP contribution in [0.25, 0.3) is 0 Å². The second-order valence-electron chi connectivity index (χ2n) is 12.4. The molecule has 0 bridgehead atoms. The molecule has 0 amide bonds. The maximum atomic E-state index is 11.5. The van der Waals surface area contributed by atoms with Crippen molar-refractivity contribution in [2.75, 3.05) is 13.2 Å². The average molecular weight is 686 g/mol. The fourth-order valence-corrected chi connectivity index (χ4v) is 7.99. The normalized spacial score (nSPS) is 11.2. The van der Waals surface area contributed by atoms with Gasteiger partial charge >= 0.3 is 133 Å². The van der Waals surface area contributed by atoms with E-state index in [2.05, 4.69) is 41.5 Å². The third kappa shape index (κ3) is 41.7. The van der Waals surface area contributed by atoms with E-state index in [-0.39, 0.29) is 21.1 Å². The van der Waals surface area contributed by atoms with Crippen molar-refractivity contribution in [3.8, 4) is 0 Å². The number of rotatable bonds is 28. The number of carbonyl (C=O) groups excluding carboxylic acids is 2. The van der Waals surface area contributed by atoms with Crippen molar-refractivity contribution in [3.05, 3.63) is 12.2 Å². The first-order valence-electron chi connectivity index (χ1n) is 17.6. The molecule has 4 nitrogen and oxygen atoms in total. The number of carbonyl (C=O) groups is 2. The molecule has 41 heavy (non-hydrogen) atoms. The van der Waals surface area contributed by atoms with Crippen LogP contribution >= 0.6 is 0 Å². The van der Waals surface area contributed by atoms with Gasteiger partial charge in [-0.2, -0.15) is 0 Å². The number of esters is 2. The van der Waals surface area contributed by atoms with Crippen LogP contribution in [0.2, 0.25) is 8.87 Å². The Labute approximate surface area is 267 Å². The van der Waals surface area contributed by atoms with Gasteiger partial charge in [0.2, 0.25) is 0 Å². The molecule has 0 aliphatic rings. The second-order valence-corrected chi connectivity index (χ2v) is 16.7. The summed E-state index contributed by atoms with van der Waals surface area (Å²) in [6.07, 6.45) is 28.7. The van der Waals surface area contributed by atoms with E-state index in [0.29, 0.717) is 13.2 Å². The molecule has 5 heteroatoms. The van der Waals surface area contributed by atoms with Gasteiger partial charge in [0.15, 0.2) is 0 Å². The molecule has 242 valence electrons. The van der Waals surface area contributed by atoms with Crippen molar-refractivity contribution in [1.29, 1.82) is 0 Å². The quantitative estimate of drug-likeness (QED) is 0.0356. The summed E-state index contributed by atoms with van der Waals surface area (Å²) in [6.45, 7) is 14.2. The van der Waals surface area contributed by atoms with Crippen LogP contribution in [0.5, 0.6) is 0 Å². The van der Waals surface area contributed by atoms with E-state index in [1.165, 1.54) is 77.0 Å². The van der Waals surface area contributed by atoms with Gasteiger partial charge < -0.3 is 9.47 Å². The Morgan fingerprint density at radius 1 is 0.512 bits per heavy atom. The molecular weight excluding hydrogens is 615 g/mol. The van der Waals surface area contributed by atoms with Crippen molar-refractivity contribution < 1.29 is 19.1 Å². The van der Waals surface area contributed by atoms with Gasteiger partial charge in [-0.25, -0.2) is 9.59 Å². The SMILES string of the molecule is CC(C)CCCCCOC(=O)C=CC(=O)OCCCCCC(C)C.CCCCCCC[CH2][Sn][CH2]CCCCCCC. The first-order valence-corrected chi connectivity index (χ1v) is 21.6. The maximum absolute atomic E-state index is 11.5. The van der Waals surface area contributed by atoms with E-state index in [9.17, 15) is 9.59 Å². The molecule has 0 spiro atoms. The summed E-state index contributed by atoms with van der Waals surface area (Å²) in [5.74, 6) is 0.480. The van der Waals surface area contributed by atoms with Gasteiger partial charge in [-0.05, 0) is 24.7 Å². The summed E-state index contributed by atoms with van der Waals surface area (Å²) in [6, 6.07) is 0. The molecule has 0 atom stereocenters. The van der Waals surface area contributed by atoms with Gasteiger partial charge in [-0.1, -0.05) is 66.2 Å². The molecule has 0 aromatic heterocycles. The molecule has 0 N–H and O–H groups in total. The Balaban J connectivity index is 0. The zero-order valence-corrected chi connectivity index (χ0v) is 31.3. The zero-order valence-electron chi connectivity index (χ0n) is 28.4. The molecule has 0 fully saturated rings. The minimum absolute atomic E-state index is 0.0736. The van der Waals surface area contributed by atoms with E-state index in [4.69, 9.17) is 9.47 Å². The molecule has 0 saturated carbocycles. The predicted molar refractivity (Wildman–Crippen MR) is 180 cm³/mol. The van der Waals surface area contributed by atoms with Crippen molar-refractivity contribution in [2.24, 2.45) is 11.8 Å². The molecule has 0 aromatic rings. The molecule has 0 aromatic carbocycles. The van der Waals surface area contributed by atoms with Gasteiger partial charge in [-0.3, -0.25) is 0 Å². The molecule has 0 unspecified atom stereocenters. The Hall–Kier alpha value is -0.521. The van der Waals surface area contributed by atoms with E-state index in [1.54, 1.807) is 21.7 Å². The second kappa shape index (κ2) is 35.7. The Bertz CT molecular complexity index is 526. The third-order valence-corrected chi connectivity index (χ3v) is 11.1. The monoisotopic (exact) mass is 686 g/mol. The molecule has 0 saturated heterocycles. The van der Waals surface area contributed by atoms with Gasteiger partial charge in [0.25, 0.3) is 0 Å². The minimum atomic E-state index is -0.479. The van der Waals surface area contributed by atoms with Crippen LogP contribution < -0.4 is 0 Å². The van der Waals surface area contributed by atoms with Gasteiger partial charge in [0.1, 0.15) is 0 Å². The van der Waals surface area contributed by atoms with E-state index in [0.717, 1.165) is 62.5 Å². The van der Waals surface area contributed by atoms with Gasteiger partial charge in [0.05, 0.1) is 13.2 Å². The first kappa shape index (κ1) is 42.6. The summed E-state index contributed by atoms with van der Waals surface area (Å²) in [7, 11) is 0. The average Bonchev–Trinajstić information content (AvgIpc) is 2.94. The van der Waals surface area contributed by atoms with Crippen molar-refractivity contribution in [1.82, 2.24) is 0 Å². The van der Waals surface area contributed by atoms with Crippen molar-refractivity contribution in [3.63, 3.8) is 0 Å². The van der Waals surface area contributed by atoms with E-state index < -0.39 is 11.9 Å². The molecule has 0 heterocycles. The summed E-state index contributed by atoms with van der Waals surface area (Å²) in [5.41, 5.74) is 0. The number of hydrogen-bond donors (Lipinski definition) is 0. The summed E-state index contributed by atoms with van der Waals surface area (Å²) < 4.78 is 13.4. The van der Waals surface area contributed by atoms with Crippen LogP contribution in [0, 0.1) is 11.8 Å². The molecule has 0 aliphatic carbocycles.